The van der Waals surface area contributed by atoms with Crippen LogP contribution in [0.2, 0.25) is 0 Å². The third-order valence-electron chi connectivity index (χ3n) is 2.59. The van der Waals surface area contributed by atoms with Crippen molar-refractivity contribution in [2.24, 2.45) is 0 Å². The monoisotopic (exact) mass is 305 g/mol. The molecule has 92 valence electrons. The summed E-state index contributed by atoms with van der Waals surface area (Å²) in [6.07, 6.45) is 1.59. The first-order valence-corrected chi connectivity index (χ1v) is 6.22. The summed E-state index contributed by atoms with van der Waals surface area (Å²) >= 11 is 3.37. The highest BCUT2D eigenvalue weighted by Gasteiger charge is 2.11. The second kappa shape index (κ2) is 5.31. The number of carbonyl (C=O) groups excluding carboxylic acids is 1. The Kier molecular flexibility index (Phi) is 3.77. The van der Waals surface area contributed by atoms with Gasteiger partial charge in [0.05, 0.1) is 11.6 Å². The zero-order valence-electron chi connectivity index (χ0n) is 10.1. The smallest absolute Gasteiger partial charge is 0.194 e. The highest BCUT2D eigenvalue weighted by Crippen LogP contribution is 2.26. The van der Waals surface area contributed by atoms with E-state index in [4.69, 9.17) is 4.74 Å². The number of ketones is 1. The van der Waals surface area contributed by atoms with E-state index >= 15 is 0 Å². The number of carbonyl (C=O) groups is 1. The summed E-state index contributed by atoms with van der Waals surface area (Å²) in [4.78, 5) is 16.3. The Labute approximate surface area is 114 Å². The largest absolute Gasteiger partial charge is 0.496 e. The number of pyridine rings is 1. The zero-order valence-corrected chi connectivity index (χ0v) is 11.7. The first-order valence-electron chi connectivity index (χ1n) is 5.42. The van der Waals surface area contributed by atoms with E-state index in [0.717, 1.165) is 10.2 Å². The molecule has 0 aliphatic rings. The summed E-state index contributed by atoms with van der Waals surface area (Å²) in [5, 5.41) is 0. The lowest BCUT2D eigenvalue weighted by atomic mass is 10.0. The number of methoxy groups -OCH3 is 1. The van der Waals surface area contributed by atoms with Gasteiger partial charge in [-0.25, -0.2) is 0 Å². The van der Waals surface area contributed by atoms with Crippen LogP contribution in [0.25, 0.3) is 0 Å². The van der Waals surface area contributed by atoms with Crippen LogP contribution in [-0.4, -0.2) is 17.9 Å². The van der Waals surface area contributed by atoms with Gasteiger partial charge in [-0.05, 0) is 53.2 Å². The summed E-state index contributed by atoms with van der Waals surface area (Å²) in [6.45, 7) is 1.89. The van der Waals surface area contributed by atoms with E-state index in [9.17, 15) is 4.79 Å². The topological polar surface area (TPSA) is 39.2 Å². The van der Waals surface area contributed by atoms with Gasteiger partial charge in [-0.2, -0.15) is 0 Å². The predicted molar refractivity (Wildman–Crippen MR) is 73.1 cm³/mol. The Morgan fingerprint density at radius 1 is 1.22 bits per heavy atom. The summed E-state index contributed by atoms with van der Waals surface area (Å²) in [6, 6.07) is 8.86. The molecule has 2 aromatic rings. The average molecular weight is 306 g/mol. The first kappa shape index (κ1) is 12.8. The number of hydrogen-bond acceptors (Lipinski definition) is 3. The Morgan fingerprint density at radius 2 is 1.94 bits per heavy atom. The molecule has 1 aromatic heterocycles. The van der Waals surface area contributed by atoms with Gasteiger partial charge in [0.25, 0.3) is 0 Å². The highest BCUT2D eigenvalue weighted by molar-refractivity contribution is 9.10. The van der Waals surface area contributed by atoms with Gasteiger partial charge in [-0.15, -0.1) is 0 Å². The number of rotatable bonds is 3. The third kappa shape index (κ3) is 2.59. The fourth-order valence-electron chi connectivity index (χ4n) is 1.58. The quantitative estimate of drug-likeness (QED) is 0.816. The molecule has 0 saturated heterocycles. The fraction of sp³-hybridized carbons (Fsp3) is 0.143. The molecular weight excluding hydrogens is 294 g/mol. The van der Waals surface area contributed by atoms with Gasteiger partial charge in [0, 0.05) is 23.0 Å². The van der Waals surface area contributed by atoms with Crippen LogP contribution in [-0.2, 0) is 0 Å². The number of aryl methyl sites for hydroxylation is 1. The molecule has 0 atom stereocenters. The van der Waals surface area contributed by atoms with Crippen LogP contribution >= 0.6 is 15.9 Å². The number of nitrogens with zero attached hydrogens (tertiary/aromatic N) is 1. The lowest BCUT2D eigenvalue weighted by molar-refractivity contribution is 0.103. The molecule has 3 nitrogen and oxygen atoms in total. The third-order valence-corrected chi connectivity index (χ3v) is 3.21. The Morgan fingerprint density at radius 3 is 2.50 bits per heavy atom. The summed E-state index contributed by atoms with van der Waals surface area (Å²) < 4.78 is 5.89. The van der Waals surface area contributed by atoms with E-state index in [-0.39, 0.29) is 5.78 Å². The summed E-state index contributed by atoms with van der Waals surface area (Å²) in [5.41, 5.74) is 2.08. The van der Waals surface area contributed by atoms with Gasteiger partial charge in [-0.3, -0.25) is 9.78 Å². The molecule has 4 heteroatoms. The van der Waals surface area contributed by atoms with Gasteiger partial charge in [0.2, 0.25) is 0 Å². The highest BCUT2D eigenvalue weighted by atomic mass is 79.9. The summed E-state index contributed by atoms with van der Waals surface area (Å²) in [5.74, 6) is 0.652. The first-order chi connectivity index (χ1) is 8.61. The van der Waals surface area contributed by atoms with Gasteiger partial charge in [0.15, 0.2) is 5.78 Å². The van der Waals surface area contributed by atoms with E-state index in [2.05, 4.69) is 20.9 Å². The van der Waals surface area contributed by atoms with Crippen LogP contribution < -0.4 is 4.74 Å². The molecule has 1 heterocycles. The molecule has 0 amide bonds. The molecule has 0 bridgehead atoms. The minimum Gasteiger partial charge on any atom is -0.496 e. The molecule has 0 radical (unpaired) electrons. The molecule has 18 heavy (non-hydrogen) atoms. The average Bonchev–Trinajstić information content (AvgIpc) is 2.38. The van der Waals surface area contributed by atoms with E-state index in [1.54, 1.807) is 37.6 Å². The van der Waals surface area contributed by atoms with Crippen LogP contribution in [0.5, 0.6) is 5.75 Å². The lowest BCUT2D eigenvalue weighted by Gasteiger charge is -2.06. The van der Waals surface area contributed by atoms with E-state index in [1.165, 1.54) is 0 Å². The molecule has 0 spiro atoms. The molecule has 0 fully saturated rings. The second-order valence-corrected chi connectivity index (χ2v) is 4.72. The molecule has 0 unspecified atom stereocenters. The summed E-state index contributed by atoms with van der Waals surface area (Å²) in [7, 11) is 1.59. The van der Waals surface area contributed by atoms with Crippen LogP contribution in [0.4, 0.5) is 0 Å². The van der Waals surface area contributed by atoms with Crippen LogP contribution in [0, 0.1) is 6.92 Å². The number of ether oxygens (including phenoxy) is 1. The molecular formula is C14H12BrNO2. The lowest BCUT2D eigenvalue weighted by Crippen LogP contribution is -2.02. The van der Waals surface area contributed by atoms with Crippen molar-refractivity contribution in [2.45, 2.75) is 6.92 Å². The maximum Gasteiger partial charge on any atom is 0.194 e. The SMILES string of the molecule is COc1ccc(C(=O)c2ccc(C)nc2)cc1Br. The van der Waals surface area contributed by atoms with E-state index < -0.39 is 0 Å². The minimum absolute atomic E-state index is 0.0501. The molecule has 0 aliphatic carbocycles. The molecule has 0 saturated carbocycles. The normalized spacial score (nSPS) is 10.2. The zero-order chi connectivity index (χ0) is 13.1. The maximum atomic E-state index is 12.2. The number of halogens is 1. The molecule has 0 N–H and O–H groups in total. The van der Waals surface area contributed by atoms with E-state index in [0.29, 0.717) is 16.9 Å². The van der Waals surface area contributed by atoms with Crippen molar-refractivity contribution in [3.63, 3.8) is 0 Å². The Balaban J connectivity index is 2.34. The van der Waals surface area contributed by atoms with Gasteiger partial charge < -0.3 is 4.74 Å². The number of aromatic nitrogens is 1. The second-order valence-electron chi connectivity index (χ2n) is 3.87. The van der Waals surface area contributed by atoms with Crippen molar-refractivity contribution in [3.05, 3.63) is 57.8 Å². The van der Waals surface area contributed by atoms with Gasteiger partial charge in [-0.1, -0.05) is 0 Å². The van der Waals surface area contributed by atoms with Crippen LogP contribution in [0.15, 0.2) is 41.0 Å². The van der Waals surface area contributed by atoms with Crippen LogP contribution in [0.3, 0.4) is 0 Å². The van der Waals surface area contributed by atoms with Crippen molar-refractivity contribution >= 4 is 21.7 Å². The molecule has 1 aromatic carbocycles. The Hall–Kier alpha value is -1.68. The van der Waals surface area contributed by atoms with Crippen molar-refractivity contribution in [1.82, 2.24) is 4.98 Å². The van der Waals surface area contributed by atoms with Crippen molar-refractivity contribution < 1.29 is 9.53 Å². The van der Waals surface area contributed by atoms with Crippen molar-refractivity contribution in [3.8, 4) is 5.75 Å². The number of benzene rings is 1. The molecule has 0 aliphatic heterocycles. The number of hydrogen-bond donors (Lipinski definition) is 0. The van der Waals surface area contributed by atoms with Crippen molar-refractivity contribution in [2.75, 3.05) is 7.11 Å². The van der Waals surface area contributed by atoms with Crippen molar-refractivity contribution in [1.29, 1.82) is 0 Å². The predicted octanol–water partition coefficient (Wildman–Crippen LogP) is 3.39. The maximum absolute atomic E-state index is 12.2. The van der Waals surface area contributed by atoms with Crippen LogP contribution in [0.1, 0.15) is 21.6 Å². The Bertz CT molecular complexity index is 579. The molecule has 2 rings (SSSR count). The standard InChI is InChI=1S/C14H12BrNO2/c1-9-3-4-11(8-16-9)14(17)10-5-6-13(18-2)12(15)7-10/h3-8H,1-2H3. The van der Waals surface area contributed by atoms with Gasteiger partial charge in [0.1, 0.15) is 5.75 Å². The fourth-order valence-corrected chi connectivity index (χ4v) is 2.12. The minimum atomic E-state index is -0.0501. The van der Waals surface area contributed by atoms with E-state index in [1.807, 2.05) is 13.0 Å². The van der Waals surface area contributed by atoms with Gasteiger partial charge >= 0.3 is 0 Å².